The van der Waals surface area contributed by atoms with E-state index in [0.29, 0.717) is 5.92 Å². The van der Waals surface area contributed by atoms with Crippen LogP contribution < -0.4 is 0 Å². The van der Waals surface area contributed by atoms with Crippen molar-refractivity contribution < 1.29 is 4.79 Å². The second-order valence-electron chi connectivity index (χ2n) is 4.01. The van der Waals surface area contributed by atoms with Crippen LogP contribution in [0, 0.1) is 5.92 Å². The number of hydrogen-bond donors (Lipinski definition) is 0. The van der Waals surface area contributed by atoms with Gasteiger partial charge in [0.15, 0.2) is 0 Å². The first kappa shape index (κ1) is 13.4. The highest BCUT2D eigenvalue weighted by atomic mass is 16.1. The molecule has 0 aromatic rings. The Morgan fingerprint density at radius 1 is 1.21 bits per heavy atom. The number of unbranched alkanes of at least 4 members (excludes halogenated alkanes) is 3. The van der Waals surface area contributed by atoms with Crippen LogP contribution in [-0.2, 0) is 4.79 Å². The highest BCUT2D eigenvalue weighted by Gasteiger charge is 2.05. The molecule has 0 amide bonds. The Balaban J connectivity index is 3.91. The number of hydrogen-bond acceptors (Lipinski definition) is 1. The van der Waals surface area contributed by atoms with Crippen LogP contribution in [0.1, 0.15) is 59.3 Å². The molecule has 0 aromatic heterocycles. The minimum Gasteiger partial charge on any atom is -0.298 e. The van der Waals surface area contributed by atoms with Gasteiger partial charge >= 0.3 is 0 Å². The summed E-state index contributed by atoms with van der Waals surface area (Å²) in [5.41, 5.74) is 1.00. The molecule has 0 heterocycles. The van der Waals surface area contributed by atoms with E-state index in [1.54, 1.807) is 0 Å². The van der Waals surface area contributed by atoms with Crippen molar-refractivity contribution in [2.24, 2.45) is 5.92 Å². The molecule has 0 fully saturated rings. The van der Waals surface area contributed by atoms with E-state index >= 15 is 0 Å². The largest absolute Gasteiger partial charge is 0.298 e. The normalized spacial score (nSPS) is 14.1. The van der Waals surface area contributed by atoms with Crippen molar-refractivity contribution in [3.05, 3.63) is 11.6 Å². The fourth-order valence-corrected chi connectivity index (χ4v) is 1.63. The highest BCUT2D eigenvalue weighted by Crippen LogP contribution is 2.15. The van der Waals surface area contributed by atoms with Gasteiger partial charge in [0.1, 0.15) is 6.29 Å². The summed E-state index contributed by atoms with van der Waals surface area (Å²) in [4.78, 5) is 10.8. The molecule has 0 spiro atoms. The van der Waals surface area contributed by atoms with Crippen molar-refractivity contribution in [1.82, 2.24) is 0 Å². The van der Waals surface area contributed by atoms with Crippen LogP contribution in [0.3, 0.4) is 0 Å². The molecule has 0 radical (unpaired) electrons. The molecule has 0 rings (SSSR count). The van der Waals surface area contributed by atoms with Crippen molar-refractivity contribution in [3.63, 3.8) is 0 Å². The number of carbonyl (C=O) groups excluding carboxylic acids is 1. The molecule has 1 atom stereocenters. The Labute approximate surface area is 88.6 Å². The van der Waals surface area contributed by atoms with Gasteiger partial charge in [0.25, 0.3) is 0 Å². The highest BCUT2D eigenvalue weighted by molar-refractivity contribution is 5.73. The summed E-state index contributed by atoms with van der Waals surface area (Å²) < 4.78 is 0. The van der Waals surface area contributed by atoms with E-state index in [-0.39, 0.29) is 0 Å². The molecule has 0 saturated heterocycles. The van der Waals surface area contributed by atoms with Crippen molar-refractivity contribution in [2.45, 2.75) is 59.3 Å². The lowest BCUT2D eigenvalue weighted by Gasteiger charge is -2.09. The second-order valence-corrected chi connectivity index (χ2v) is 4.01. The first-order valence-corrected chi connectivity index (χ1v) is 5.91. The van der Waals surface area contributed by atoms with Crippen LogP contribution in [0.5, 0.6) is 0 Å². The van der Waals surface area contributed by atoms with Crippen LogP contribution in [0.4, 0.5) is 0 Å². The quantitative estimate of drug-likeness (QED) is 0.324. The molecule has 1 heteroatoms. The average molecular weight is 196 g/mol. The Morgan fingerprint density at radius 2 is 1.93 bits per heavy atom. The maximum atomic E-state index is 10.8. The van der Waals surface area contributed by atoms with Gasteiger partial charge in [0, 0.05) is 0 Å². The van der Waals surface area contributed by atoms with Gasteiger partial charge in [-0.2, -0.15) is 0 Å². The van der Waals surface area contributed by atoms with Gasteiger partial charge < -0.3 is 0 Å². The molecular weight excluding hydrogens is 172 g/mol. The lowest BCUT2D eigenvalue weighted by Crippen LogP contribution is -2.00. The van der Waals surface area contributed by atoms with Crippen LogP contribution in [0.15, 0.2) is 11.6 Å². The Hall–Kier alpha value is -0.590. The second kappa shape index (κ2) is 8.98. The molecular formula is C13H24O. The molecule has 0 aliphatic heterocycles. The third-order valence-corrected chi connectivity index (χ3v) is 2.61. The minimum atomic E-state index is 0.444. The van der Waals surface area contributed by atoms with Crippen molar-refractivity contribution in [1.29, 1.82) is 0 Å². The lowest BCUT2D eigenvalue weighted by molar-refractivity contribution is -0.105. The van der Waals surface area contributed by atoms with Crippen molar-refractivity contribution in [3.8, 4) is 0 Å². The van der Waals surface area contributed by atoms with Crippen LogP contribution >= 0.6 is 0 Å². The van der Waals surface area contributed by atoms with E-state index in [1.165, 1.54) is 19.3 Å². The summed E-state index contributed by atoms with van der Waals surface area (Å²) in [6, 6.07) is 0. The van der Waals surface area contributed by atoms with Gasteiger partial charge in [-0.15, -0.1) is 0 Å². The molecule has 0 N–H and O–H groups in total. The van der Waals surface area contributed by atoms with Crippen LogP contribution in [0.25, 0.3) is 0 Å². The fraction of sp³-hybridized carbons (Fsp3) is 0.769. The van der Waals surface area contributed by atoms with E-state index in [0.717, 1.165) is 31.1 Å². The summed E-state index contributed by atoms with van der Waals surface area (Å²) in [5, 5.41) is 0. The van der Waals surface area contributed by atoms with E-state index in [2.05, 4.69) is 26.8 Å². The number of allylic oxidation sites excluding steroid dienone is 2. The van der Waals surface area contributed by atoms with Crippen molar-refractivity contribution >= 4 is 6.29 Å². The zero-order chi connectivity index (χ0) is 10.8. The standard InChI is InChI=1S/C13H24O/c1-4-6-7-8-10-13(11-14)12(3)9-5-2/h10-12H,4-9H2,1-3H3. The summed E-state index contributed by atoms with van der Waals surface area (Å²) in [7, 11) is 0. The van der Waals surface area contributed by atoms with Gasteiger partial charge in [-0.05, 0) is 30.8 Å². The SMILES string of the molecule is CCCCCC=C(C=O)C(C)CCC. The van der Waals surface area contributed by atoms with Gasteiger partial charge in [0.2, 0.25) is 0 Å². The first-order valence-electron chi connectivity index (χ1n) is 5.91. The molecule has 1 unspecified atom stereocenters. The minimum absolute atomic E-state index is 0.444. The van der Waals surface area contributed by atoms with Crippen LogP contribution in [0.2, 0.25) is 0 Å². The van der Waals surface area contributed by atoms with E-state index in [1.807, 2.05) is 0 Å². The molecule has 0 aliphatic carbocycles. The number of aldehydes is 1. The molecule has 1 nitrogen and oxygen atoms in total. The zero-order valence-corrected chi connectivity index (χ0v) is 9.88. The molecule has 0 bridgehead atoms. The Morgan fingerprint density at radius 3 is 2.43 bits per heavy atom. The summed E-state index contributed by atoms with van der Waals surface area (Å²) in [6.45, 7) is 6.50. The lowest BCUT2D eigenvalue weighted by atomic mass is 9.96. The first-order chi connectivity index (χ1) is 6.76. The van der Waals surface area contributed by atoms with E-state index < -0.39 is 0 Å². The predicted molar refractivity (Wildman–Crippen MR) is 62.4 cm³/mol. The molecule has 0 saturated carbocycles. The monoisotopic (exact) mass is 196 g/mol. The van der Waals surface area contributed by atoms with Crippen molar-refractivity contribution in [2.75, 3.05) is 0 Å². The van der Waals surface area contributed by atoms with Gasteiger partial charge in [-0.1, -0.05) is 46.1 Å². The summed E-state index contributed by atoms with van der Waals surface area (Å²) in [5.74, 6) is 0.444. The maximum absolute atomic E-state index is 10.8. The van der Waals surface area contributed by atoms with Gasteiger partial charge in [-0.3, -0.25) is 4.79 Å². The van der Waals surface area contributed by atoms with E-state index in [9.17, 15) is 4.79 Å². The van der Waals surface area contributed by atoms with Crippen LogP contribution in [-0.4, -0.2) is 6.29 Å². The molecule has 14 heavy (non-hydrogen) atoms. The topological polar surface area (TPSA) is 17.1 Å². The molecule has 0 aromatic carbocycles. The fourth-order valence-electron chi connectivity index (χ4n) is 1.63. The molecule has 0 aliphatic rings. The smallest absolute Gasteiger partial charge is 0.145 e. The Bertz CT molecular complexity index is 170. The maximum Gasteiger partial charge on any atom is 0.145 e. The third kappa shape index (κ3) is 5.95. The number of carbonyl (C=O) groups is 1. The summed E-state index contributed by atoms with van der Waals surface area (Å²) >= 11 is 0. The number of rotatable bonds is 8. The Kier molecular flexibility index (Phi) is 8.61. The molecule has 82 valence electrons. The average Bonchev–Trinajstić information content (AvgIpc) is 2.18. The van der Waals surface area contributed by atoms with E-state index in [4.69, 9.17) is 0 Å². The predicted octanol–water partition coefficient (Wildman–Crippen LogP) is 4.13. The van der Waals surface area contributed by atoms with Gasteiger partial charge in [0.05, 0.1) is 0 Å². The third-order valence-electron chi connectivity index (χ3n) is 2.61. The zero-order valence-electron chi connectivity index (χ0n) is 9.88. The summed E-state index contributed by atoms with van der Waals surface area (Å²) in [6.07, 6.45) is 10.2. The van der Waals surface area contributed by atoms with Gasteiger partial charge in [-0.25, -0.2) is 0 Å².